The van der Waals surface area contributed by atoms with Crippen LogP contribution in [0.4, 0.5) is 0 Å². The Morgan fingerprint density at radius 2 is 2.11 bits per heavy atom. The van der Waals surface area contributed by atoms with Crippen molar-refractivity contribution in [3.8, 4) is 0 Å². The first kappa shape index (κ1) is 15.2. The van der Waals surface area contributed by atoms with E-state index in [0.717, 1.165) is 26.3 Å². The van der Waals surface area contributed by atoms with Crippen LogP contribution in [0.3, 0.4) is 0 Å². The smallest absolute Gasteiger partial charge is 0.0726 e. The van der Waals surface area contributed by atoms with Crippen molar-refractivity contribution in [1.29, 1.82) is 0 Å². The lowest BCUT2D eigenvalue weighted by Gasteiger charge is -2.32. The van der Waals surface area contributed by atoms with Gasteiger partial charge in [-0.15, -0.1) is 0 Å². The van der Waals surface area contributed by atoms with Crippen molar-refractivity contribution in [2.45, 2.75) is 57.8 Å². The van der Waals surface area contributed by atoms with Gasteiger partial charge >= 0.3 is 0 Å². The fourth-order valence-corrected chi connectivity index (χ4v) is 3.11. The fourth-order valence-electron chi connectivity index (χ4n) is 3.11. The normalized spacial score (nSPS) is 27.8. The van der Waals surface area contributed by atoms with Crippen LogP contribution in [-0.4, -0.2) is 62.5 Å². The second kappa shape index (κ2) is 8.20. The molecule has 2 aliphatic heterocycles. The number of nitrogens with zero attached hydrogens (tertiary/aromatic N) is 1. The van der Waals surface area contributed by atoms with Crippen LogP contribution in [0, 0.1) is 0 Å². The van der Waals surface area contributed by atoms with Gasteiger partial charge in [-0.2, -0.15) is 0 Å². The van der Waals surface area contributed by atoms with Crippen LogP contribution < -0.4 is 5.32 Å². The molecule has 2 atom stereocenters. The summed E-state index contributed by atoms with van der Waals surface area (Å²) in [5.74, 6) is 0. The molecule has 0 radical (unpaired) electrons. The summed E-state index contributed by atoms with van der Waals surface area (Å²) in [6, 6.07) is 0.489. The highest BCUT2D eigenvalue weighted by atomic mass is 16.5. The van der Waals surface area contributed by atoms with Crippen molar-refractivity contribution >= 4 is 0 Å². The standard InChI is InChI=1S/C15H30N2O2/c1-3-18-14-6-9-17(10-7-14)11-8-16-13(2)15-5-4-12-19-15/h13-16H,3-12H2,1-2H3. The van der Waals surface area contributed by atoms with Crippen LogP contribution in [-0.2, 0) is 9.47 Å². The highest BCUT2D eigenvalue weighted by molar-refractivity contribution is 4.78. The summed E-state index contributed by atoms with van der Waals surface area (Å²) in [5, 5.41) is 3.61. The van der Waals surface area contributed by atoms with Crippen molar-refractivity contribution in [1.82, 2.24) is 10.2 Å². The van der Waals surface area contributed by atoms with Crippen LogP contribution in [0.1, 0.15) is 39.5 Å². The Morgan fingerprint density at radius 3 is 2.74 bits per heavy atom. The zero-order valence-electron chi connectivity index (χ0n) is 12.6. The van der Waals surface area contributed by atoms with E-state index in [0.29, 0.717) is 18.2 Å². The molecule has 0 aromatic heterocycles. The lowest BCUT2D eigenvalue weighted by Crippen LogP contribution is -2.44. The Hall–Kier alpha value is -0.160. The maximum atomic E-state index is 5.71. The Morgan fingerprint density at radius 1 is 1.32 bits per heavy atom. The zero-order valence-corrected chi connectivity index (χ0v) is 12.6. The molecule has 19 heavy (non-hydrogen) atoms. The van der Waals surface area contributed by atoms with E-state index >= 15 is 0 Å². The van der Waals surface area contributed by atoms with E-state index in [-0.39, 0.29) is 0 Å². The first-order valence-corrected chi connectivity index (χ1v) is 7.98. The summed E-state index contributed by atoms with van der Waals surface area (Å²) in [6.45, 7) is 10.7. The molecule has 2 rings (SSSR count). The predicted octanol–water partition coefficient (Wildman–Crippen LogP) is 1.64. The highest BCUT2D eigenvalue weighted by Gasteiger charge is 2.22. The van der Waals surface area contributed by atoms with Gasteiger partial charge in [0.1, 0.15) is 0 Å². The average Bonchev–Trinajstić information content (AvgIpc) is 2.95. The Labute approximate surface area is 117 Å². The number of ether oxygens (including phenoxy) is 2. The van der Waals surface area contributed by atoms with Crippen LogP contribution in [0.15, 0.2) is 0 Å². The van der Waals surface area contributed by atoms with Gasteiger partial charge in [-0.25, -0.2) is 0 Å². The molecule has 112 valence electrons. The lowest BCUT2D eigenvalue weighted by molar-refractivity contribution is 0.0140. The average molecular weight is 270 g/mol. The summed E-state index contributed by atoms with van der Waals surface area (Å²) < 4.78 is 11.4. The molecule has 2 saturated heterocycles. The van der Waals surface area contributed by atoms with Crippen LogP contribution in [0.5, 0.6) is 0 Å². The second-order valence-corrected chi connectivity index (χ2v) is 5.79. The van der Waals surface area contributed by atoms with Gasteiger partial charge in [0.05, 0.1) is 12.2 Å². The molecular formula is C15H30N2O2. The number of piperidine rings is 1. The SMILES string of the molecule is CCOC1CCN(CCNC(C)C2CCCO2)CC1. The summed E-state index contributed by atoms with van der Waals surface area (Å²) in [6.07, 6.45) is 5.75. The molecule has 0 aliphatic carbocycles. The predicted molar refractivity (Wildman–Crippen MR) is 77.5 cm³/mol. The van der Waals surface area contributed by atoms with Gasteiger partial charge in [-0.1, -0.05) is 0 Å². The molecular weight excluding hydrogens is 240 g/mol. The third-order valence-corrected chi connectivity index (χ3v) is 4.35. The van der Waals surface area contributed by atoms with Gasteiger partial charge in [0.2, 0.25) is 0 Å². The van der Waals surface area contributed by atoms with Crippen LogP contribution >= 0.6 is 0 Å². The monoisotopic (exact) mass is 270 g/mol. The molecule has 0 spiro atoms. The molecule has 0 aromatic rings. The number of hydrogen-bond acceptors (Lipinski definition) is 4. The van der Waals surface area contributed by atoms with E-state index in [1.54, 1.807) is 0 Å². The summed E-state index contributed by atoms with van der Waals surface area (Å²) in [4.78, 5) is 2.55. The third kappa shape index (κ3) is 5.03. The van der Waals surface area contributed by atoms with E-state index in [1.807, 2.05) is 0 Å². The maximum absolute atomic E-state index is 5.71. The minimum absolute atomic E-state index is 0.434. The molecule has 0 aromatic carbocycles. The molecule has 4 heteroatoms. The van der Waals surface area contributed by atoms with E-state index < -0.39 is 0 Å². The fraction of sp³-hybridized carbons (Fsp3) is 1.00. The Balaban J connectivity index is 1.54. The Kier molecular flexibility index (Phi) is 6.57. The lowest BCUT2D eigenvalue weighted by atomic mass is 10.1. The topological polar surface area (TPSA) is 33.7 Å². The van der Waals surface area contributed by atoms with Crippen LogP contribution in [0.25, 0.3) is 0 Å². The summed E-state index contributed by atoms with van der Waals surface area (Å²) in [5.41, 5.74) is 0. The molecule has 2 unspecified atom stereocenters. The molecule has 0 amide bonds. The molecule has 2 aliphatic rings. The van der Waals surface area contributed by atoms with E-state index in [4.69, 9.17) is 9.47 Å². The van der Waals surface area contributed by atoms with Crippen molar-refractivity contribution in [3.05, 3.63) is 0 Å². The zero-order chi connectivity index (χ0) is 13.5. The van der Waals surface area contributed by atoms with Gasteiger partial charge < -0.3 is 19.7 Å². The van der Waals surface area contributed by atoms with Crippen molar-refractivity contribution in [2.24, 2.45) is 0 Å². The number of hydrogen-bond donors (Lipinski definition) is 1. The molecule has 1 N–H and O–H groups in total. The second-order valence-electron chi connectivity index (χ2n) is 5.79. The van der Waals surface area contributed by atoms with Gasteiger partial charge in [-0.3, -0.25) is 0 Å². The first-order valence-electron chi connectivity index (χ1n) is 7.98. The number of rotatable bonds is 7. The highest BCUT2D eigenvalue weighted by Crippen LogP contribution is 2.15. The quantitative estimate of drug-likeness (QED) is 0.762. The van der Waals surface area contributed by atoms with E-state index in [2.05, 4.69) is 24.1 Å². The molecule has 0 bridgehead atoms. The number of likely N-dealkylation sites (tertiary alicyclic amines) is 1. The van der Waals surface area contributed by atoms with Gasteiger partial charge in [-0.05, 0) is 39.5 Å². The minimum atomic E-state index is 0.434. The minimum Gasteiger partial charge on any atom is -0.378 e. The van der Waals surface area contributed by atoms with Crippen molar-refractivity contribution in [3.63, 3.8) is 0 Å². The molecule has 0 saturated carbocycles. The summed E-state index contributed by atoms with van der Waals surface area (Å²) >= 11 is 0. The Bertz CT molecular complexity index is 236. The third-order valence-electron chi connectivity index (χ3n) is 4.35. The molecule has 2 heterocycles. The number of nitrogens with one attached hydrogen (secondary N) is 1. The summed E-state index contributed by atoms with van der Waals surface area (Å²) in [7, 11) is 0. The van der Waals surface area contributed by atoms with Gasteiger partial charge in [0, 0.05) is 45.4 Å². The molecule has 4 nitrogen and oxygen atoms in total. The van der Waals surface area contributed by atoms with Gasteiger partial charge in [0.15, 0.2) is 0 Å². The van der Waals surface area contributed by atoms with Crippen molar-refractivity contribution < 1.29 is 9.47 Å². The first-order chi connectivity index (χ1) is 9.29. The van der Waals surface area contributed by atoms with E-state index in [1.165, 1.54) is 38.8 Å². The van der Waals surface area contributed by atoms with Crippen molar-refractivity contribution in [2.75, 3.05) is 39.4 Å². The maximum Gasteiger partial charge on any atom is 0.0726 e. The molecule has 2 fully saturated rings. The van der Waals surface area contributed by atoms with E-state index in [9.17, 15) is 0 Å². The van der Waals surface area contributed by atoms with Gasteiger partial charge in [0.25, 0.3) is 0 Å². The van der Waals surface area contributed by atoms with Crippen LogP contribution in [0.2, 0.25) is 0 Å². The largest absolute Gasteiger partial charge is 0.378 e.